The Morgan fingerprint density at radius 1 is 1.12 bits per heavy atom. The molecule has 1 aliphatic rings. The van der Waals surface area contributed by atoms with Gasteiger partial charge in [-0.2, -0.15) is 0 Å². The number of carbonyl (C=O) groups excluding carboxylic acids is 2. The molecule has 33 heavy (non-hydrogen) atoms. The molecule has 0 unspecified atom stereocenters. The van der Waals surface area contributed by atoms with Crippen LogP contribution < -0.4 is 4.72 Å². The number of sulfone groups is 1. The van der Waals surface area contributed by atoms with E-state index < -0.39 is 43.9 Å². The summed E-state index contributed by atoms with van der Waals surface area (Å²) in [5.41, 5.74) is 0.490. The van der Waals surface area contributed by atoms with E-state index >= 15 is 0 Å². The highest BCUT2D eigenvalue weighted by Gasteiger charge is 2.36. The van der Waals surface area contributed by atoms with Crippen molar-refractivity contribution in [3.8, 4) is 0 Å². The van der Waals surface area contributed by atoms with Crippen LogP contribution in [0.5, 0.6) is 0 Å². The zero-order valence-corrected chi connectivity index (χ0v) is 19.9. The summed E-state index contributed by atoms with van der Waals surface area (Å²) >= 11 is 0. The van der Waals surface area contributed by atoms with Gasteiger partial charge in [0, 0.05) is 18.3 Å². The van der Waals surface area contributed by atoms with Gasteiger partial charge in [0.15, 0.2) is 15.9 Å². The van der Waals surface area contributed by atoms with Crippen LogP contribution in [0.2, 0.25) is 0 Å². The van der Waals surface area contributed by atoms with Crippen molar-refractivity contribution >= 4 is 37.4 Å². The lowest BCUT2D eigenvalue weighted by atomic mass is 10.2. The fourth-order valence-corrected chi connectivity index (χ4v) is 6.41. The van der Waals surface area contributed by atoms with E-state index in [-0.39, 0.29) is 22.0 Å². The summed E-state index contributed by atoms with van der Waals surface area (Å²) in [6.45, 7) is 3.46. The van der Waals surface area contributed by atoms with E-state index in [1.165, 1.54) is 36.1 Å². The number of nitrogens with one attached hydrogen (secondary N) is 1. The number of rotatable bonds is 8. The van der Waals surface area contributed by atoms with Gasteiger partial charge in [0.1, 0.15) is 0 Å². The normalized spacial score (nSPS) is 18.3. The molecule has 2 aromatic carbocycles. The van der Waals surface area contributed by atoms with Crippen LogP contribution in [0, 0.1) is 0 Å². The number of benzene rings is 2. The van der Waals surface area contributed by atoms with Crippen molar-refractivity contribution in [3.05, 3.63) is 60.2 Å². The summed E-state index contributed by atoms with van der Waals surface area (Å²) in [6, 6.07) is 13.1. The van der Waals surface area contributed by atoms with Crippen LogP contribution in [0.3, 0.4) is 0 Å². The molecule has 1 aliphatic heterocycles. The number of likely N-dealkylation sites (N-methyl/N-ethyl adjacent to an activating group) is 1. The van der Waals surface area contributed by atoms with Crippen molar-refractivity contribution in [1.82, 2.24) is 4.90 Å². The number of carbonyl (C=O) groups is 2. The Balaban J connectivity index is 1.64. The summed E-state index contributed by atoms with van der Waals surface area (Å²) in [7, 11) is -7.01. The molecule has 2 aromatic rings. The maximum atomic E-state index is 12.8. The molecule has 1 N–H and O–H groups in total. The first-order valence-electron chi connectivity index (χ1n) is 10.4. The molecule has 9 nitrogen and oxygen atoms in total. The van der Waals surface area contributed by atoms with E-state index in [4.69, 9.17) is 4.74 Å². The molecule has 0 spiro atoms. The minimum absolute atomic E-state index is 0.0317. The Morgan fingerprint density at radius 3 is 2.30 bits per heavy atom. The van der Waals surface area contributed by atoms with E-state index in [1.807, 2.05) is 0 Å². The second-order valence-corrected chi connectivity index (χ2v) is 11.6. The standard InChI is InChI=1S/C22H26N2O7S2/c1-3-24(19-13-14-32(27,28)15-19)21(25)16(2)31-22(26)17-9-11-20(12-10-17)33(29,30)23-18-7-5-4-6-8-18/h4-12,16,19,23H,3,13-15H2,1-2H3/t16-,19+/m0/s1. The van der Waals surface area contributed by atoms with Crippen LogP contribution in [0.1, 0.15) is 30.6 Å². The largest absolute Gasteiger partial charge is 0.449 e. The number of para-hydroxylation sites is 1. The van der Waals surface area contributed by atoms with Gasteiger partial charge < -0.3 is 9.64 Å². The Bertz CT molecular complexity index is 1210. The molecule has 1 heterocycles. The predicted octanol–water partition coefficient (Wildman–Crippen LogP) is 2.07. The molecule has 0 aliphatic carbocycles. The minimum Gasteiger partial charge on any atom is -0.449 e. The monoisotopic (exact) mass is 494 g/mol. The van der Waals surface area contributed by atoms with E-state index in [0.717, 1.165) is 0 Å². The summed E-state index contributed by atoms with van der Waals surface area (Å²) < 4.78 is 56.2. The Hall–Kier alpha value is -2.92. The van der Waals surface area contributed by atoms with Gasteiger partial charge in [-0.3, -0.25) is 9.52 Å². The Kier molecular flexibility index (Phi) is 7.43. The van der Waals surface area contributed by atoms with Crippen molar-refractivity contribution in [2.45, 2.75) is 37.3 Å². The molecule has 178 valence electrons. The maximum absolute atomic E-state index is 12.8. The zero-order valence-electron chi connectivity index (χ0n) is 18.3. The SMILES string of the molecule is CCN(C(=O)[C@H](C)OC(=O)c1ccc(S(=O)(=O)Nc2ccccc2)cc1)[C@@H]1CCS(=O)(=O)C1. The van der Waals surface area contributed by atoms with Crippen molar-refractivity contribution in [2.75, 3.05) is 22.8 Å². The molecule has 0 saturated carbocycles. The van der Waals surface area contributed by atoms with Gasteiger partial charge in [-0.1, -0.05) is 18.2 Å². The van der Waals surface area contributed by atoms with E-state index in [9.17, 15) is 26.4 Å². The lowest BCUT2D eigenvalue weighted by molar-refractivity contribution is -0.141. The summed E-state index contributed by atoms with van der Waals surface area (Å²) in [6.07, 6.45) is -0.765. The number of hydrogen-bond acceptors (Lipinski definition) is 7. The van der Waals surface area contributed by atoms with Crippen molar-refractivity contribution in [1.29, 1.82) is 0 Å². The van der Waals surface area contributed by atoms with E-state index in [2.05, 4.69) is 4.72 Å². The van der Waals surface area contributed by atoms with Crippen molar-refractivity contribution < 1.29 is 31.2 Å². The highest BCUT2D eigenvalue weighted by molar-refractivity contribution is 7.92. The van der Waals surface area contributed by atoms with Crippen LogP contribution in [0.15, 0.2) is 59.5 Å². The summed E-state index contributed by atoms with van der Waals surface area (Å²) in [4.78, 5) is 26.6. The first-order valence-corrected chi connectivity index (χ1v) is 13.7. The third-order valence-electron chi connectivity index (χ3n) is 5.33. The van der Waals surface area contributed by atoms with Crippen molar-refractivity contribution in [2.24, 2.45) is 0 Å². The van der Waals surface area contributed by atoms with Crippen LogP contribution in [-0.4, -0.2) is 63.8 Å². The molecule has 0 radical (unpaired) electrons. The molecule has 1 amide bonds. The number of sulfonamides is 1. The molecule has 2 atom stereocenters. The van der Waals surface area contributed by atoms with Crippen LogP contribution in [0.4, 0.5) is 5.69 Å². The lowest BCUT2D eigenvalue weighted by Gasteiger charge is -2.29. The number of anilines is 1. The van der Waals surface area contributed by atoms with Crippen LogP contribution in [0.25, 0.3) is 0 Å². The molecule has 11 heteroatoms. The molecular weight excluding hydrogens is 468 g/mol. The van der Waals surface area contributed by atoms with Gasteiger partial charge in [-0.25, -0.2) is 21.6 Å². The second kappa shape index (κ2) is 9.92. The fraction of sp³-hybridized carbons (Fsp3) is 0.364. The minimum atomic E-state index is -3.84. The third-order valence-corrected chi connectivity index (χ3v) is 8.48. The number of nitrogens with zero attached hydrogens (tertiary/aromatic N) is 1. The predicted molar refractivity (Wildman–Crippen MR) is 123 cm³/mol. The molecule has 3 rings (SSSR count). The number of hydrogen-bond donors (Lipinski definition) is 1. The van der Waals surface area contributed by atoms with E-state index in [0.29, 0.717) is 18.7 Å². The molecule has 0 bridgehead atoms. The molecular formula is C22H26N2O7S2. The second-order valence-electron chi connectivity index (χ2n) is 7.72. The number of ether oxygens (including phenoxy) is 1. The Labute approximate surface area is 193 Å². The smallest absolute Gasteiger partial charge is 0.338 e. The van der Waals surface area contributed by atoms with Gasteiger partial charge in [0.05, 0.1) is 22.0 Å². The average Bonchev–Trinajstić information content (AvgIpc) is 3.13. The first-order chi connectivity index (χ1) is 15.5. The molecule has 1 fully saturated rings. The van der Waals surface area contributed by atoms with Gasteiger partial charge >= 0.3 is 5.97 Å². The van der Waals surface area contributed by atoms with Gasteiger partial charge in [-0.15, -0.1) is 0 Å². The summed E-state index contributed by atoms with van der Waals surface area (Å²) in [5, 5.41) is 0. The zero-order chi connectivity index (χ0) is 24.2. The van der Waals surface area contributed by atoms with Gasteiger partial charge in [0.2, 0.25) is 0 Å². The van der Waals surface area contributed by atoms with Crippen LogP contribution >= 0.6 is 0 Å². The molecule has 1 saturated heterocycles. The Morgan fingerprint density at radius 2 is 1.76 bits per heavy atom. The number of esters is 1. The third kappa shape index (κ3) is 6.11. The summed E-state index contributed by atoms with van der Waals surface area (Å²) in [5.74, 6) is -1.32. The highest BCUT2D eigenvalue weighted by Crippen LogP contribution is 2.20. The van der Waals surface area contributed by atoms with E-state index in [1.54, 1.807) is 37.3 Å². The van der Waals surface area contributed by atoms with Crippen molar-refractivity contribution in [3.63, 3.8) is 0 Å². The topological polar surface area (TPSA) is 127 Å². The average molecular weight is 495 g/mol. The van der Waals surface area contributed by atoms with Gasteiger partial charge in [-0.05, 0) is 56.7 Å². The number of amides is 1. The maximum Gasteiger partial charge on any atom is 0.338 e. The highest BCUT2D eigenvalue weighted by atomic mass is 32.2. The molecule has 0 aromatic heterocycles. The first kappa shape index (κ1) is 24.7. The lowest BCUT2D eigenvalue weighted by Crippen LogP contribution is -2.46. The van der Waals surface area contributed by atoms with Gasteiger partial charge in [0.25, 0.3) is 15.9 Å². The van der Waals surface area contributed by atoms with Crippen LogP contribution in [-0.2, 0) is 29.4 Å². The fourth-order valence-electron chi connectivity index (χ4n) is 3.62. The quantitative estimate of drug-likeness (QED) is 0.557.